The Balaban J connectivity index is 2.27. The van der Waals surface area contributed by atoms with Crippen LogP contribution < -0.4 is 4.72 Å². The van der Waals surface area contributed by atoms with Gasteiger partial charge in [-0.25, -0.2) is 22.3 Å². The molecule has 0 heterocycles. The fourth-order valence-electron chi connectivity index (χ4n) is 2.18. The average molecular weight is 287 g/mol. The number of aromatic carboxylic acids is 1. The van der Waals surface area contributed by atoms with Crippen molar-refractivity contribution in [3.63, 3.8) is 0 Å². The molecule has 0 atom stereocenters. The number of carboxylic acid groups (broad SMARTS) is 1. The van der Waals surface area contributed by atoms with Gasteiger partial charge < -0.3 is 5.11 Å². The number of nitrogens with one attached hydrogen (secondary N) is 1. The lowest BCUT2D eigenvalue weighted by Gasteiger charge is -2.13. The molecule has 1 aliphatic rings. The van der Waals surface area contributed by atoms with Gasteiger partial charge in [0.1, 0.15) is 10.7 Å². The minimum Gasteiger partial charge on any atom is -0.478 e. The third-order valence-electron chi connectivity index (χ3n) is 3.15. The van der Waals surface area contributed by atoms with Gasteiger partial charge in [-0.2, -0.15) is 0 Å². The smallest absolute Gasteiger partial charge is 0.335 e. The number of rotatable bonds is 4. The molecule has 5 nitrogen and oxygen atoms in total. The summed E-state index contributed by atoms with van der Waals surface area (Å²) in [6, 6.07) is 2.61. The maximum Gasteiger partial charge on any atom is 0.335 e. The van der Waals surface area contributed by atoms with Gasteiger partial charge in [-0.05, 0) is 31.0 Å². The van der Waals surface area contributed by atoms with Gasteiger partial charge >= 0.3 is 5.97 Å². The van der Waals surface area contributed by atoms with Gasteiger partial charge in [0.05, 0.1) is 5.56 Å². The molecule has 1 fully saturated rings. The van der Waals surface area contributed by atoms with Crippen molar-refractivity contribution in [3.8, 4) is 0 Å². The van der Waals surface area contributed by atoms with Crippen molar-refractivity contribution in [3.05, 3.63) is 29.6 Å². The Kier molecular flexibility index (Phi) is 3.86. The van der Waals surface area contributed by atoms with Crippen LogP contribution in [0.4, 0.5) is 4.39 Å². The predicted octanol–water partition coefficient (Wildman–Crippen LogP) is 1.74. The third kappa shape index (κ3) is 3.10. The fraction of sp³-hybridized carbons (Fsp3) is 0.417. The Labute approximate surface area is 110 Å². The molecule has 1 aliphatic carbocycles. The average Bonchev–Trinajstić information content (AvgIpc) is 2.80. The molecule has 1 saturated carbocycles. The van der Waals surface area contributed by atoms with Crippen molar-refractivity contribution < 1.29 is 22.7 Å². The third-order valence-corrected chi connectivity index (χ3v) is 4.70. The van der Waals surface area contributed by atoms with Crippen molar-refractivity contribution in [2.45, 2.75) is 36.6 Å². The summed E-state index contributed by atoms with van der Waals surface area (Å²) in [7, 11) is -3.93. The molecule has 0 unspecified atom stereocenters. The SMILES string of the molecule is O=C(O)c1ccc(S(=O)(=O)NC2CCCC2)c(F)c1. The molecular weight excluding hydrogens is 273 g/mol. The Bertz CT molecular complexity index is 594. The number of benzene rings is 1. The summed E-state index contributed by atoms with van der Waals surface area (Å²) < 4.78 is 40.1. The zero-order valence-corrected chi connectivity index (χ0v) is 10.9. The second kappa shape index (κ2) is 5.26. The van der Waals surface area contributed by atoms with Crippen LogP contribution in [0, 0.1) is 5.82 Å². The summed E-state index contributed by atoms with van der Waals surface area (Å²) in [5.74, 6) is -2.35. The molecule has 0 aliphatic heterocycles. The van der Waals surface area contributed by atoms with E-state index in [1.54, 1.807) is 0 Å². The van der Waals surface area contributed by atoms with Crippen molar-refractivity contribution in [1.82, 2.24) is 4.72 Å². The lowest BCUT2D eigenvalue weighted by atomic mass is 10.2. The quantitative estimate of drug-likeness (QED) is 0.883. The van der Waals surface area contributed by atoms with Crippen LogP contribution in [0.15, 0.2) is 23.1 Å². The zero-order valence-electron chi connectivity index (χ0n) is 10.1. The number of carboxylic acids is 1. The molecule has 104 valence electrons. The predicted molar refractivity (Wildman–Crippen MR) is 65.9 cm³/mol. The molecule has 1 aromatic carbocycles. The van der Waals surface area contributed by atoms with Crippen LogP contribution >= 0.6 is 0 Å². The minimum atomic E-state index is -3.93. The van der Waals surface area contributed by atoms with Crippen molar-refractivity contribution in [2.24, 2.45) is 0 Å². The number of sulfonamides is 1. The highest BCUT2D eigenvalue weighted by Crippen LogP contribution is 2.22. The van der Waals surface area contributed by atoms with E-state index in [0.29, 0.717) is 6.07 Å². The summed E-state index contributed by atoms with van der Waals surface area (Å²) >= 11 is 0. The van der Waals surface area contributed by atoms with Crippen LogP contribution in [0.2, 0.25) is 0 Å². The van der Waals surface area contributed by atoms with Crippen molar-refractivity contribution in [1.29, 1.82) is 0 Å². The Morgan fingerprint density at radius 3 is 2.47 bits per heavy atom. The van der Waals surface area contributed by atoms with Gasteiger partial charge in [-0.15, -0.1) is 0 Å². The number of hydrogen-bond acceptors (Lipinski definition) is 3. The zero-order chi connectivity index (χ0) is 14.0. The molecule has 0 saturated heterocycles. The molecule has 2 rings (SSSR count). The highest BCUT2D eigenvalue weighted by molar-refractivity contribution is 7.89. The van der Waals surface area contributed by atoms with Gasteiger partial charge in [0.2, 0.25) is 10.0 Å². The van der Waals surface area contributed by atoms with Gasteiger partial charge in [0.25, 0.3) is 0 Å². The first-order valence-electron chi connectivity index (χ1n) is 5.95. The maximum absolute atomic E-state index is 13.7. The second-order valence-electron chi connectivity index (χ2n) is 4.55. The van der Waals surface area contributed by atoms with Crippen LogP contribution in [0.3, 0.4) is 0 Å². The van der Waals surface area contributed by atoms with E-state index in [9.17, 15) is 17.6 Å². The molecule has 0 amide bonds. The first-order chi connectivity index (χ1) is 8.90. The molecule has 7 heteroatoms. The molecule has 0 bridgehead atoms. The highest BCUT2D eigenvalue weighted by atomic mass is 32.2. The van der Waals surface area contributed by atoms with E-state index in [2.05, 4.69) is 4.72 Å². The van der Waals surface area contributed by atoms with Crippen molar-refractivity contribution in [2.75, 3.05) is 0 Å². The number of halogens is 1. The first-order valence-corrected chi connectivity index (χ1v) is 7.43. The summed E-state index contributed by atoms with van der Waals surface area (Å²) in [5, 5.41) is 8.70. The number of hydrogen-bond donors (Lipinski definition) is 2. The Morgan fingerprint density at radius 2 is 1.95 bits per heavy atom. The van der Waals surface area contributed by atoms with Crippen molar-refractivity contribution >= 4 is 16.0 Å². The van der Waals surface area contributed by atoms with E-state index in [-0.39, 0.29) is 11.6 Å². The maximum atomic E-state index is 13.7. The topological polar surface area (TPSA) is 83.5 Å². The lowest BCUT2D eigenvalue weighted by Crippen LogP contribution is -2.33. The van der Waals surface area contributed by atoms with Gasteiger partial charge in [-0.1, -0.05) is 12.8 Å². The fourth-order valence-corrected chi connectivity index (χ4v) is 3.54. The van der Waals surface area contributed by atoms with Crippen LogP contribution in [-0.2, 0) is 10.0 Å². The molecule has 1 aromatic rings. The van der Waals surface area contributed by atoms with Gasteiger partial charge in [-0.3, -0.25) is 0 Å². The molecule has 2 N–H and O–H groups in total. The molecule has 0 aromatic heterocycles. The molecule has 0 radical (unpaired) electrons. The Morgan fingerprint density at radius 1 is 1.32 bits per heavy atom. The van der Waals surface area contributed by atoms with Gasteiger partial charge in [0.15, 0.2) is 0 Å². The second-order valence-corrected chi connectivity index (χ2v) is 6.24. The monoisotopic (exact) mass is 287 g/mol. The number of carbonyl (C=O) groups is 1. The van der Waals surface area contributed by atoms with E-state index in [1.807, 2.05) is 0 Å². The van der Waals surface area contributed by atoms with Crippen LogP contribution in [0.5, 0.6) is 0 Å². The summed E-state index contributed by atoms with van der Waals surface area (Å²) in [4.78, 5) is 10.2. The molecule has 19 heavy (non-hydrogen) atoms. The lowest BCUT2D eigenvalue weighted by molar-refractivity contribution is 0.0696. The summed E-state index contributed by atoms with van der Waals surface area (Å²) in [6.45, 7) is 0. The Hall–Kier alpha value is -1.47. The molecule has 0 spiro atoms. The van der Waals surface area contributed by atoms with Crippen LogP contribution in [0.25, 0.3) is 0 Å². The normalized spacial score (nSPS) is 16.7. The van der Waals surface area contributed by atoms with E-state index >= 15 is 0 Å². The summed E-state index contributed by atoms with van der Waals surface area (Å²) in [6.07, 6.45) is 3.39. The van der Waals surface area contributed by atoms with E-state index < -0.39 is 26.7 Å². The van der Waals surface area contributed by atoms with Crippen LogP contribution in [0.1, 0.15) is 36.0 Å². The minimum absolute atomic E-state index is 0.163. The molecular formula is C12H14FNO4S. The highest BCUT2D eigenvalue weighted by Gasteiger charge is 2.25. The van der Waals surface area contributed by atoms with E-state index in [0.717, 1.165) is 37.8 Å². The van der Waals surface area contributed by atoms with Gasteiger partial charge in [0, 0.05) is 6.04 Å². The summed E-state index contributed by atoms with van der Waals surface area (Å²) in [5.41, 5.74) is -0.280. The van der Waals surface area contributed by atoms with E-state index in [1.165, 1.54) is 0 Å². The standard InChI is InChI=1S/C12H14FNO4S/c13-10-7-8(12(15)16)5-6-11(10)19(17,18)14-9-3-1-2-4-9/h5-7,9,14H,1-4H2,(H,15,16). The van der Waals surface area contributed by atoms with E-state index in [4.69, 9.17) is 5.11 Å². The first kappa shape index (κ1) is 14.0. The van der Waals surface area contributed by atoms with Crippen LogP contribution in [-0.4, -0.2) is 25.5 Å². The largest absolute Gasteiger partial charge is 0.478 e.